The highest BCUT2D eigenvalue weighted by Crippen LogP contribution is 2.28. The van der Waals surface area contributed by atoms with Crippen molar-refractivity contribution in [3.8, 4) is 17.1 Å². The lowest BCUT2D eigenvalue weighted by Gasteiger charge is -2.16. The standard InChI is InChI=1S/C23H28N4O2S/c1-5-27-21(19-11-13-20(29-4)14-12-19)25-26-23(27)30-17(3)22(28)24-15-16(2)18-9-7-6-8-10-18/h6-14,16-17H,5,15H2,1-4H3,(H,24,28). The van der Waals surface area contributed by atoms with Gasteiger partial charge in [-0.15, -0.1) is 10.2 Å². The lowest BCUT2D eigenvalue weighted by Crippen LogP contribution is -2.33. The minimum atomic E-state index is -0.272. The molecule has 1 heterocycles. The van der Waals surface area contributed by atoms with E-state index in [0.29, 0.717) is 6.54 Å². The second-order valence-corrected chi connectivity index (χ2v) is 8.40. The van der Waals surface area contributed by atoms with Crippen LogP contribution in [0.1, 0.15) is 32.3 Å². The van der Waals surface area contributed by atoms with Gasteiger partial charge in [-0.2, -0.15) is 0 Å². The van der Waals surface area contributed by atoms with E-state index in [0.717, 1.165) is 28.8 Å². The molecule has 0 saturated heterocycles. The van der Waals surface area contributed by atoms with Gasteiger partial charge in [0, 0.05) is 18.7 Å². The van der Waals surface area contributed by atoms with Crippen molar-refractivity contribution in [2.45, 2.75) is 43.6 Å². The van der Waals surface area contributed by atoms with Crippen molar-refractivity contribution in [1.82, 2.24) is 20.1 Å². The van der Waals surface area contributed by atoms with Crippen molar-refractivity contribution in [1.29, 1.82) is 0 Å². The fraction of sp³-hybridized carbons (Fsp3) is 0.348. The molecule has 3 aromatic rings. The number of hydrogen-bond donors (Lipinski definition) is 1. The van der Waals surface area contributed by atoms with E-state index in [4.69, 9.17) is 4.74 Å². The number of nitrogens with zero attached hydrogens (tertiary/aromatic N) is 3. The van der Waals surface area contributed by atoms with Gasteiger partial charge in [0.05, 0.1) is 12.4 Å². The van der Waals surface area contributed by atoms with Gasteiger partial charge in [-0.1, -0.05) is 49.0 Å². The number of carbonyl (C=O) groups is 1. The second kappa shape index (κ2) is 10.3. The fourth-order valence-corrected chi connectivity index (χ4v) is 4.06. The molecule has 0 spiro atoms. The first-order chi connectivity index (χ1) is 14.5. The van der Waals surface area contributed by atoms with Crippen LogP contribution in [-0.2, 0) is 11.3 Å². The van der Waals surface area contributed by atoms with Crippen LogP contribution in [0.4, 0.5) is 0 Å². The van der Waals surface area contributed by atoms with Crippen LogP contribution in [-0.4, -0.2) is 39.6 Å². The Kier molecular flexibility index (Phi) is 7.52. The number of aromatic nitrogens is 3. The Morgan fingerprint density at radius 3 is 2.43 bits per heavy atom. The Hall–Kier alpha value is -2.80. The summed E-state index contributed by atoms with van der Waals surface area (Å²) in [6.45, 7) is 7.38. The van der Waals surface area contributed by atoms with E-state index in [1.807, 2.05) is 60.9 Å². The third kappa shape index (κ3) is 5.21. The molecule has 2 atom stereocenters. The fourth-order valence-electron chi connectivity index (χ4n) is 3.12. The van der Waals surface area contributed by atoms with Gasteiger partial charge in [0.25, 0.3) is 0 Å². The van der Waals surface area contributed by atoms with Crippen molar-refractivity contribution >= 4 is 17.7 Å². The Morgan fingerprint density at radius 2 is 1.80 bits per heavy atom. The number of amides is 1. The molecule has 1 aromatic heterocycles. The van der Waals surface area contributed by atoms with Gasteiger partial charge in [-0.25, -0.2) is 0 Å². The third-order valence-corrected chi connectivity index (χ3v) is 6.06. The number of ether oxygens (including phenoxy) is 1. The molecule has 2 unspecified atom stereocenters. The predicted molar refractivity (Wildman–Crippen MR) is 121 cm³/mol. The first kappa shape index (κ1) is 21.9. The number of rotatable bonds is 9. The minimum absolute atomic E-state index is 0.000526. The molecule has 30 heavy (non-hydrogen) atoms. The molecule has 6 nitrogen and oxygen atoms in total. The molecular formula is C23H28N4O2S. The average Bonchev–Trinajstić information content (AvgIpc) is 3.20. The number of thioether (sulfide) groups is 1. The molecular weight excluding hydrogens is 396 g/mol. The predicted octanol–water partition coefficient (Wildman–Crippen LogP) is 4.37. The largest absolute Gasteiger partial charge is 0.497 e. The van der Waals surface area contributed by atoms with Crippen LogP contribution in [0.15, 0.2) is 59.8 Å². The summed E-state index contributed by atoms with van der Waals surface area (Å²) in [7, 11) is 1.64. The lowest BCUT2D eigenvalue weighted by molar-refractivity contribution is -0.120. The van der Waals surface area contributed by atoms with Crippen LogP contribution in [0.2, 0.25) is 0 Å². The number of nitrogens with one attached hydrogen (secondary N) is 1. The summed E-state index contributed by atoms with van der Waals surface area (Å²) in [6, 6.07) is 17.9. The zero-order chi connectivity index (χ0) is 21.5. The van der Waals surface area contributed by atoms with E-state index in [-0.39, 0.29) is 17.1 Å². The Balaban J connectivity index is 1.63. The number of benzene rings is 2. The molecule has 0 bridgehead atoms. The van der Waals surface area contributed by atoms with Gasteiger partial charge in [-0.3, -0.25) is 4.79 Å². The summed E-state index contributed by atoms with van der Waals surface area (Å²) in [5, 5.41) is 12.2. The third-order valence-electron chi connectivity index (χ3n) is 4.98. The lowest BCUT2D eigenvalue weighted by atomic mass is 10.0. The van der Waals surface area contributed by atoms with Gasteiger partial charge >= 0.3 is 0 Å². The molecule has 0 aliphatic rings. The van der Waals surface area contributed by atoms with Gasteiger partial charge in [-0.05, 0) is 49.6 Å². The van der Waals surface area contributed by atoms with Crippen LogP contribution in [0.5, 0.6) is 5.75 Å². The first-order valence-electron chi connectivity index (χ1n) is 10.1. The quantitative estimate of drug-likeness (QED) is 0.517. The summed E-state index contributed by atoms with van der Waals surface area (Å²) in [4.78, 5) is 12.6. The van der Waals surface area contributed by atoms with E-state index in [9.17, 15) is 4.79 Å². The summed E-state index contributed by atoms with van der Waals surface area (Å²) >= 11 is 1.43. The Labute approximate surface area is 182 Å². The van der Waals surface area contributed by atoms with Crippen LogP contribution < -0.4 is 10.1 Å². The molecule has 158 valence electrons. The van der Waals surface area contributed by atoms with Crippen molar-refractivity contribution in [3.05, 3.63) is 60.2 Å². The van der Waals surface area contributed by atoms with E-state index >= 15 is 0 Å². The maximum absolute atomic E-state index is 12.6. The van der Waals surface area contributed by atoms with Crippen LogP contribution in [0, 0.1) is 0 Å². The number of carbonyl (C=O) groups excluding carboxylic acids is 1. The Bertz CT molecular complexity index is 957. The van der Waals surface area contributed by atoms with Gasteiger partial charge < -0.3 is 14.6 Å². The average molecular weight is 425 g/mol. The second-order valence-electron chi connectivity index (χ2n) is 7.10. The van der Waals surface area contributed by atoms with E-state index < -0.39 is 0 Å². The molecule has 0 radical (unpaired) electrons. The maximum atomic E-state index is 12.6. The van der Waals surface area contributed by atoms with Crippen molar-refractivity contribution in [2.75, 3.05) is 13.7 Å². The van der Waals surface area contributed by atoms with E-state index in [1.54, 1.807) is 7.11 Å². The van der Waals surface area contributed by atoms with E-state index in [2.05, 4.69) is 34.6 Å². The van der Waals surface area contributed by atoms with Gasteiger partial charge in [0.2, 0.25) is 5.91 Å². The van der Waals surface area contributed by atoms with Crippen LogP contribution in [0.3, 0.4) is 0 Å². The molecule has 0 saturated carbocycles. The zero-order valence-corrected chi connectivity index (χ0v) is 18.6. The SMILES string of the molecule is CCn1c(SC(C)C(=O)NCC(C)c2ccccc2)nnc1-c1ccc(OC)cc1. The summed E-state index contributed by atoms with van der Waals surface area (Å²) < 4.78 is 7.25. The van der Waals surface area contributed by atoms with Crippen molar-refractivity contribution in [3.63, 3.8) is 0 Å². The topological polar surface area (TPSA) is 69.0 Å². The smallest absolute Gasteiger partial charge is 0.233 e. The molecule has 7 heteroatoms. The highest BCUT2D eigenvalue weighted by Gasteiger charge is 2.20. The zero-order valence-electron chi connectivity index (χ0n) is 17.8. The van der Waals surface area contributed by atoms with E-state index in [1.165, 1.54) is 17.3 Å². The normalized spacial score (nSPS) is 12.9. The Morgan fingerprint density at radius 1 is 1.10 bits per heavy atom. The molecule has 2 aromatic carbocycles. The molecule has 0 aliphatic carbocycles. The van der Waals surface area contributed by atoms with Gasteiger partial charge in [0.1, 0.15) is 5.75 Å². The van der Waals surface area contributed by atoms with Crippen LogP contribution >= 0.6 is 11.8 Å². The van der Waals surface area contributed by atoms with Crippen LogP contribution in [0.25, 0.3) is 11.4 Å². The maximum Gasteiger partial charge on any atom is 0.233 e. The van der Waals surface area contributed by atoms with Gasteiger partial charge in [0.15, 0.2) is 11.0 Å². The summed E-state index contributed by atoms with van der Waals surface area (Å²) in [5.74, 6) is 1.84. The number of hydrogen-bond acceptors (Lipinski definition) is 5. The molecule has 1 N–H and O–H groups in total. The van der Waals surface area contributed by atoms with Crippen molar-refractivity contribution in [2.24, 2.45) is 0 Å². The highest BCUT2D eigenvalue weighted by molar-refractivity contribution is 8.00. The summed E-state index contributed by atoms with van der Waals surface area (Å²) in [6.07, 6.45) is 0. The first-order valence-corrected chi connectivity index (χ1v) is 11.0. The molecule has 0 aliphatic heterocycles. The highest BCUT2D eigenvalue weighted by atomic mass is 32.2. The molecule has 1 amide bonds. The van der Waals surface area contributed by atoms with Crippen molar-refractivity contribution < 1.29 is 9.53 Å². The molecule has 3 rings (SSSR count). The monoisotopic (exact) mass is 424 g/mol. The number of methoxy groups -OCH3 is 1. The molecule has 0 fully saturated rings. The summed E-state index contributed by atoms with van der Waals surface area (Å²) in [5.41, 5.74) is 2.18. The minimum Gasteiger partial charge on any atom is -0.497 e.